The van der Waals surface area contributed by atoms with Gasteiger partial charge in [0.05, 0.1) is 18.0 Å². The van der Waals surface area contributed by atoms with Gasteiger partial charge in [0.1, 0.15) is 6.54 Å². The van der Waals surface area contributed by atoms with E-state index < -0.39 is 15.9 Å². The van der Waals surface area contributed by atoms with Crippen LogP contribution >= 0.6 is 23.2 Å². The van der Waals surface area contributed by atoms with Crippen molar-refractivity contribution in [2.45, 2.75) is 32.2 Å². The van der Waals surface area contributed by atoms with E-state index in [1.165, 1.54) is 29.3 Å². The van der Waals surface area contributed by atoms with Gasteiger partial charge in [-0.15, -0.1) is 0 Å². The Morgan fingerprint density at radius 3 is 2.39 bits per heavy atom. The van der Waals surface area contributed by atoms with E-state index in [0.717, 1.165) is 35.4 Å². The van der Waals surface area contributed by atoms with Gasteiger partial charge in [0.2, 0.25) is 15.9 Å². The number of aryl methyl sites for hydroxylation is 2. The Morgan fingerprint density at radius 2 is 1.75 bits per heavy atom. The number of hydrogen-bond acceptors (Lipinski definition) is 3. The van der Waals surface area contributed by atoms with Crippen LogP contribution in [0.15, 0.2) is 36.4 Å². The standard InChI is InChI=1S/C20H22Cl2N2O3S/c1-13(15-7-6-14-4-3-5-16(14)8-15)23-20(25)12-24(28(2,26)27)19-10-17(21)9-18(22)11-19/h6-11,13H,3-5,12H2,1-2H3,(H,23,25)/t13-/m0/s1. The van der Waals surface area contributed by atoms with Crippen molar-refractivity contribution >= 4 is 44.8 Å². The maximum atomic E-state index is 12.6. The summed E-state index contributed by atoms with van der Waals surface area (Å²) in [5.41, 5.74) is 3.94. The zero-order valence-electron chi connectivity index (χ0n) is 15.7. The number of hydrogen-bond donors (Lipinski definition) is 1. The van der Waals surface area contributed by atoms with Gasteiger partial charge in [-0.25, -0.2) is 8.42 Å². The lowest BCUT2D eigenvalue weighted by Gasteiger charge is -2.24. The number of rotatable bonds is 6. The maximum absolute atomic E-state index is 12.6. The van der Waals surface area contributed by atoms with Crippen molar-refractivity contribution in [2.24, 2.45) is 0 Å². The van der Waals surface area contributed by atoms with Crippen LogP contribution in [0.4, 0.5) is 5.69 Å². The van der Waals surface area contributed by atoms with E-state index in [-0.39, 0.29) is 18.3 Å². The number of sulfonamides is 1. The zero-order valence-corrected chi connectivity index (χ0v) is 18.0. The lowest BCUT2D eigenvalue weighted by Crippen LogP contribution is -2.41. The first-order valence-electron chi connectivity index (χ1n) is 8.98. The molecule has 28 heavy (non-hydrogen) atoms. The van der Waals surface area contributed by atoms with Crippen LogP contribution in [-0.4, -0.2) is 27.1 Å². The van der Waals surface area contributed by atoms with Crippen LogP contribution in [0.2, 0.25) is 10.0 Å². The highest BCUT2D eigenvalue weighted by Crippen LogP contribution is 2.28. The molecule has 0 spiro atoms. The summed E-state index contributed by atoms with van der Waals surface area (Å²) in [6.07, 6.45) is 4.35. The second-order valence-corrected chi connectivity index (χ2v) is 9.85. The van der Waals surface area contributed by atoms with E-state index in [0.29, 0.717) is 10.0 Å². The number of benzene rings is 2. The maximum Gasteiger partial charge on any atom is 0.241 e. The molecular weight excluding hydrogens is 419 g/mol. The molecule has 1 atom stereocenters. The van der Waals surface area contributed by atoms with Gasteiger partial charge < -0.3 is 5.32 Å². The van der Waals surface area contributed by atoms with E-state index in [1.807, 2.05) is 13.0 Å². The van der Waals surface area contributed by atoms with Crippen LogP contribution in [0.25, 0.3) is 0 Å². The number of carbonyl (C=O) groups excluding carboxylic acids is 1. The van der Waals surface area contributed by atoms with Crippen molar-refractivity contribution in [3.8, 4) is 0 Å². The molecule has 0 aromatic heterocycles. The van der Waals surface area contributed by atoms with Crippen LogP contribution in [0.1, 0.15) is 36.1 Å². The van der Waals surface area contributed by atoms with Crippen molar-refractivity contribution in [2.75, 3.05) is 17.1 Å². The Balaban J connectivity index is 1.75. The summed E-state index contributed by atoms with van der Waals surface area (Å²) in [7, 11) is -3.70. The average molecular weight is 441 g/mol. The molecule has 0 heterocycles. The fourth-order valence-corrected chi connectivity index (χ4v) is 4.80. The molecule has 0 unspecified atom stereocenters. The first-order valence-corrected chi connectivity index (χ1v) is 11.6. The van der Waals surface area contributed by atoms with E-state index >= 15 is 0 Å². The molecule has 0 saturated carbocycles. The monoisotopic (exact) mass is 440 g/mol. The topological polar surface area (TPSA) is 66.5 Å². The molecule has 1 aliphatic carbocycles. The molecule has 3 rings (SSSR count). The van der Waals surface area contributed by atoms with Crippen molar-refractivity contribution in [1.82, 2.24) is 5.32 Å². The molecule has 2 aromatic rings. The third-order valence-corrected chi connectivity index (χ3v) is 6.40. The van der Waals surface area contributed by atoms with Gasteiger partial charge in [0.25, 0.3) is 0 Å². The molecule has 1 amide bonds. The molecule has 5 nitrogen and oxygen atoms in total. The summed E-state index contributed by atoms with van der Waals surface area (Å²) in [6.45, 7) is 1.53. The van der Waals surface area contributed by atoms with Crippen molar-refractivity contribution in [1.29, 1.82) is 0 Å². The largest absolute Gasteiger partial charge is 0.348 e. The molecule has 2 aromatic carbocycles. The van der Waals surface area contributed by atoms with E-state index in [4.69, 9.17) is 23.2 Å². The Labute approximate surface area is 175 Å². The third-order valence-electron chi connectivity index (χ3n) is 4.82. The fourth-order valence-electron chi connectivity index (χ4n) is 3.45. The molecule has 8 heteroatoms. The van der Waals surface area contributed by atoms with Gasteiger partial charge in [0, 0.05) is 10.0 Å². The van der Waals surface area contributed by atoms with Crippen LogP contribution in [0, 0.1) is 0 Å². The molecule has 1 aliphatic rings. The summed E-state index contributed by atoms with van der Waals surface area (Å²) in [5, 5.41) is 3.47. The lowest BCUT2D eigenvalue weighted by atomic mass is 10.0. The number of halogens is 2. The predicted octanol–water partition coefficient (Wildman–Crippen LogP) is 4.13. The van der Waals surface area contributed by atoms with Gasteiger partial charge in [0.15, 0.2) is 0 Å². The van der Waals surface area contributed by atoms with Crippen LogP contribution in [0.5, 0.6) is 0 Å². The third kappa shape index (κ3) is 4.99. The highest BCUT2D eigenvalue weighted by molar-refractivity contribution is 7.92. The molecular formula is C20H22Cl2N2O3S. The highest BCUT2D eigenvalue weighted by Gasteiger charge is 2.23. The normalized spacial score (nSPS) is 14.4. The molecule has 0 fully saturated rings. The summed E-state index contributed by atoms with van der Waals surface area (Å²) < 4.78 is 25.5. The molecule has 0 saturated heterocycles. The molecule has 0 radical (unpaired) electrons. The number of carbonyl (C=O) groups is 1. The predicted molar refractivity (Wildman–Crippen MR) is 114 cm³/mol. The van der Waals surface area contributed by atoms with Gasteiger partial charge in [-0.2, -0.15) is 0 Å². The first kappa shape index (κ1) is 21.0. The minimum atomic E-state index is -3.70. The van der Waals surface area contributed by atoms with Gasteiger partial charge in [-0.3, -0.25) is 9.10 Å². The van der Waals surface area contributed by atoms with Crippen LogP contribution in [0.3, 0.4) is 0 Å². The highest BCUT2D eigenvalue weighted by atomic mass is 35.5. The van der Waals surface area contributed by atoms with Crippen molar-refractivity contribution in [3.05, 3.63) is 63.1 Å². The van der Waals surface area contributed by atoms with Gasteiger partial charge >= 0.3 is 0 Å². The quantitative estimate of drug-likeness (QED) is 0.733. The minimum absolute atomic E-state index is 0.234. The number of anilines is 1. The number of nitrogens with one attached hydrogen (secondary N) is 1. The number of nitrogens with zero attached hydrogens (tertiary/aromatic N) is 1. The summed E-state index contributed by atoms with van der Waals surface area (Å²) in [5.74, 6) is -0.408. The summed E-state index contributed by atoms with van der Waals surface area (Å²) in [4.78, 5) is 12.6. The van der Waals surface area contributed by atoms with E-state index in [9.17, 15) is 13.2 Å². The van der Waals surface area contributed by atoms with Gasteiger partial charge in [-0.1, -0.05) is 41.4 Å². The molecule has 150 valence electrons. The number of fused-ring (bicyclic) bond motifs is 1. The summed E-state index contributed by atoms with van der Waals surface area (Å²) in [6, 6.07) is 10.4. The van der Waals surface area contributed by atoms with Crippen LogP contribution < -0.4 is 9.62 Å². The van der Waals surface area contributed by atoms with Crippen LogP contribution in [-0.2, 0) is 27.7 Å². The van der Waals surface area contributed by atoms with Gasteiger partial charge in [-0.05, 0) is 61.1 Å². The second kappa shape index (κ2) is 8.31. The fraction of sp³-hybridized carbons (Fsp3) is 0.350. The number of amides is 1. The smallest absolute Gasteiger partial charge is 0.241 e. The SMILES string of the molecule is C[C@H](NC(=O)CN(c1cc(Cl)cc(Cl)c1)S(C)(=O)=O)c1ccc2c(c1)CCC2. The second-order valence-electron chi connectivity index (χ2n) is 7.07. The zero-order chi connectivity index (χ0) is 20.5. The van der Waals surface area contributed by atoms with Crippen molar-refractivity contribution < 1.29 is 13.2 Å². The first-order chi connectivity index (χ1) is 13.1. The van der Waals surface area contributed by atoms with E-state index in [1.54, 1.807) is 0 Å². The average Bonchev–Trinajstić information content (AvgIpc) is 3.05. The Kier molecular flexibility index (Phi) is 6.22. The van der Waals surface area contributed by atoms with E-state index in [2.05, 4.69) is 17.4 Å². The molecule has 0 bridgehead atoms. The summed E-state index contributed by atoms with van der Waals surface area (Å²) >= 11 is 12.0. The minimum Gasteiger partial charge on any atom is -0.348 e. The Bertz CT molecular complexity index is 988. The lowest BCUT2D eigenvalue weighted by molar-refractivity contribution is -0.120. The Hall–Kier alpha value is -1.76. The molecule has 1 N–H and O–H groups in total. The Morgan fingerprint density at radius 1 is 1.11 bits per heavy atom. The molecule has 0 aliphatic heterocycles. The van der Waals surface area contributed by atoms with Crippen molar-refractivity contribution in [3.63, 3.8) is 0 Å².